The predicted octanol–water partition coefficient (Wildman–Crippen LogP) is 3.64. The molecule has 0 radical (unpaired) electrons. The maximum Gasteiger partial charge on any atom is 0.203 e. The first-order chi connectivity index (χ1) is 13.0. The van der Waals surface area contributed by atoms with Gasteiger partial charge in [-0.15, -0.1) is 24.0 Å². The number of methoxy groups -OCH3 is 3. The van der Waals surface area contributed by atoms with Crippen molar-refractivity contribution < 1.29 is 18.6 Å². The summed E-state index contributed by atoms with van der Waals surface area (Å²) in [5.74, 6) is 2.17. The molecule has 0 saturated heterocycles. The van der Waals surface area contributed by atoms with Crippen LogP contribution in [0, 0.1) is 12.7 Å². The zero-order valence-corrected chi connectivity index (χ0v) is 19.1. The molecule has 0 saturated carbocycles. The lowest BCUT2D eigenvalue weighted by Crippen LogP contribution is -2.36. The molecule has 2 N–H and O–H groups in total. The van der Waals surface area contributed by atoms with Crippen LogP contribution in [-0.4, -0.2) is 34.3 Å². The summed E-state index contributed by atoms with van der Waals surface area (Å²) in [6.45, 7) is 2.80. The number of aryl methyl sites for hydroxylation is 1. The number of guanidine groups is 1. The molecule has 2 rings (SSSR count). The van der Waals surface area contributed by atoms with Gasteiger partial charge in [0.25, 0.3) is 0 Å². The molecule has 0 unspecified atom stereocenters. The van der Waals surface area contributed by atoms with E-state index < -0.39 is 0 Å². The maximum atomic E-state index is 13.4. The highest BCUT2D eigenvalue weighted by Gasteiger charge is 2.13. The first-order valence-electron chi connectivity index (χ1n) is 8.50. The Balaban J connectivity index is 0.00000392. The van der Waals surface area contributed by atoms with Gasteiger partial charge in [0, 0.05) is 20.1 Å². The third-order valence-corrected chi connectivity index (χ3v) is 4.09. The molecule has 2 aromatic carbocycles. The van der Waals surface area contributed by atoms with Crippen molar-refractivity contribution >= 4 is 29.9 Å². The van der Waals surface area contributed by atoms with Gasteiger partial charge in [0.1, 0.15) is 5.82 Å². The number of hydrogen-bond acceptors (Lipinski definition) is 4. The number of nitrogens with one attached hydrogen (secondary N) is 2. The monoisotopic (exact) mass is 503 g/mol. The van der Waals surface area contributed by atoms with Crippen molar-refractivity contribution in [3.8, 4) is 17.2 Å². The smallest absolute Gasteiger partial charge is 0.203 e. The van der Waals surface area contributed by atoms with Crippen molar-refractivity contribution in [1.82, 2.24) is 10.6 Å². The second-order valence-electron chi connectivity index (χ2n) is 5.90. The Morgan fingerprint density at radius 2 is 1.50 bits per heavy atom. The van der Waals surface area contributed by atoms with E-state index in [1.54, 1.807) is 41.4 Å². The molecule has 6 nitrogen and oxygen atoms in total. The van der Waals surface area contributed by atoms with Crippen LogP contribution in [0.15, 0.2) is 35.3 Å². The van der Waals surface area contributed by atoms with E-state index in [1.807, 2.05) is 18.2 Å². The highest BCUT2D eigenvalue weighted by molar-refractivity contribution is 14.0. The van der Waals surface area contributed by atoms with Crippen molar-refractivity contribution in [3.05, 3.63) is 52.8 Å². The number of nitrogens with zero attached hydrogens (tertiary/aromatic N) is 1. The zero-order valence-electron chi connectivity index (χ0n) is 16.8. The normalized spacial score (nSPS) is 10.7. The lowest BCUT2D eigenvalue weighted by Gasteiger charge is -2.16. The fourth-order valence-electron chi connectivity index (χ4n) is 2.65. The predicted molar refractivity (Wildman–Crippen MR) is 120 cm³/mol. The van der Waals surface area contributed by atoms with E-state index in [9.17, 15) is 4.39 Å². The Labute approximate surface area is 182 Å². The van der Waals surface area contributed by atoms with E-state index in [0.717, 1.165) is 11.1 Å². The Morgan fingerprint density at radius 1 is 0.929 bits per heavy atom. The van der Waals surface area contributed by atoms with E-state index in [-0.39, 0.29) is 29.8 Å². The van der Waals surface area contributed by atoms with Crippen molar-refractivity contribution in [2.45, 2.75) is 20.0 Å². The number of rotatable bonds is 7. The number of hydrogen-bond donors (Lipinski definition) is 2. The van der Waals surface area contributed by atoms with E-state index in [0.29, 0.717) is 41.9 Å². The lowest BCUT2D eigenvalue weighted by atomic mass is 10.1. The molecular formula is C20H27FIN3O3. The quantitative estimate of drug-likeness (QED) is 0.343. The molecule has 0 aliphatic rings. The van der Waals surface area contributed by atoms with Gasteiger partial charge in [-0.1, -0.05) is 12.1 Å². The minimum absolute atomic E-state index is 0. The lowest BCUT2D eigenvalue weighted by molar-refractivity contribution is 0.323. The molecule has 8 heteroatoms. The topological polar surface area (TPSA) is 64.1 Å². The van der Waals surface area contributed by atoms with Crippen LogP contribution < -0.4 is 24.8 Å². The van der Waals surface area contributed by atoms with Crippen LogP contribution in [0.4, 0.5) is 4.39 Å². The van der Waals surface area contributed by atoms with E-state index in [2.05, 4.69) is 15.6 Å². The molecule has 154 valence electrons. The summed E-state index contributed by atoms with van der Waals surface area (Å²) >= 11 is 0. The number of halogens is 2. The summed E-state index contributed by atoms with van der Waals surface area (Å²) in [6.07, 6.45) is 0. The summed E-state index contributed by atoms with van der Waals surface area (Å²) < 4.78 is 29.4. The van der Waals surface area contributed by atoms with Gasteiger partial charge < -0.3 is 24.8 Å². The van der Waals surface area contributed by atoms with Crippen LogP contribution >= 0.6 is 24.0 Å². The molecule has 0 heterocycles. The van der Waals surface area contributed by atoms with Crippen LogP contribution in [0.2, 0.25) is 0 Å². The molecule has 0 bridgehead atoms. The second kappa shape index (κ2) is 11.6. The number of benzene rings is 2. The third-order valence-electron chi connectivity index (χ3n) is 4.09. The van der Waals surface area contributed by atoms with Gasteiger partial charge in [0.05, 0.1) is 21.3 Å². The van der Waals surface area contributed by atoms with Crippen LogP contribution in [-0.2, 0) is 13.1 Å². The first-order valence-corrected chi connectivity index (χ1v) is 8.50. The summed E-state index contributed by atoms with van der Waals surface area (Å²) in [7, 11) is 6.43. The average Bonchev–Trinajstić information content (AvgIpc) is 2.69. The fourth-order valence-corrected chi connectivity index (χ4v) is 2.65. The largest absolute Gasteiger partial charge is 0.493 e. The highest BCUT2D eigenvalue weighted by Crippen LogP contribution is 2.38. The van der Waals surface area contributed by atoms with E-state index >= 15 is 0 Å². The Kier molecular flexibility index (Phi) is 9.84. The fraction of sp³-hybridized carbons (Fsp3) is 0.350. The third kappa shape index (κ3) is 6.15. The van der Waals surface area contributed by atoms with Gasteiger partial charge in [-0.3, -0.25) is 4.99 Å². The second-order valence-corrected chi connectivity index (χ2v) is 5.90. The van der Waals surface area contributed by atoms with Gasteiger partial charge in [-0.25, -0.2) is 4.39 Å². The van der Waals surface area contributed by atoms with Gasteiger partial charge in [0.2, 0.25) is 5.75 Å². The summed E-state index contributed by atoms with van der Waals surface area (Å²) in [6, 6.07) is 8.80. The molecule has 28 heavy (non-hydrogen) atoms. The van der Waals surface area contributed by atoms with Gasteiger partial charge >= 0.3 is 0 Å². The van der Waals surface area contributed by atoms with Crippen molar-refractivity contribution in [2.24, 2.45) is 4.99 Å². The minimum atomic E-state index is -0.205. The Bertz CT molecular complexity index is 790. The summed E-state index contributed by atoms with van der Waals surface area (Å²) in [5.41, 5.74) is 2.55. The first kappa shape index (κ1) is 23.8. The zero-order chi connectivity index (χ0) is 19.8. The van der Waals surface area contributed by atoms with Crippen molar-refractivity contribution in [1.29, 1.82) is 0 Å². The summed E-state index contributed by atoms with van der Waals surface area (Å²) in [4.78, 5) is 4.21. The van der Waals surface area contributed by atoms with Crippen LogP contribution in [0.1, 0.15) is 16.7 Å². The van der Waals surface area contributed by atoms with Gasteiger partial charge in [-0.2, -0.15) is 0 Å². The highest BCUT2D eigenvalue weighted by atomic mass is 127. The van der Waals surface area contributed by atoms with Crippen LogP contribution in [0.25, 0.3) is 0 Å². The summed E-state index contributed by atoms with van der Waals surface area (Å²) in [5, 5.41) is 6.45. The SMILES string of the molecule is CN=C(NCc1ccc(F)c(C)c1)NCc1cc(OC)c(OC)c(OC)c1.I. The van der Waals surface area contributed by atoms with E-state index in [1.165, 1.54) is 6.07 Å². The Hall–Kier alpha value is -2.23. The molecule has 0 aliphatic heterocycles. The molecule has 0 fully saturated rings. The maximum absolute atomic E-state index is 13.4. The van der Waals surface area contributed by atoms with Crippen molar-refractivity contribution in [2.75, 3.05) is 28.4 Å². The standard InChI is InChI=1S/C20H26FN3O3.HI/c1-13-8-14(6-7-16(13)21)11-23-20(22-2)24-12-15-9-17(25-3)19(27-5)18(10-15)26-4;/h6-10H,11-12H2,1-5H3,(H2,22,23,24);1H. The molecule has 0 aromatic heterocycles. The van der Waals surface area contributed by atoms with Crippen molar-refractivity contribution in [3.63, 3.8) is 0 Å². The van der Waals surface area contributed by atoms with E-state index in [4.69, 9.17) is 14.2 Å². The minimum Gasteiger partial charge on any atom is -0.493 e. The Morgan fingerprint density at radius 3 is 1.96 bits per heavy atom. The molecule has 0 amide bonds. The number of ether oxygens (including phenoxy) is 3. The molecule has 0 spiro atoms. The van der Waals surface area contributed by atoms with Crippen LogP contribution in [0.5, 0.6) is 17.2 Å². The van der Waals surface area contributed by atoms with Gasteiger partial charge in [0.15, 0.2) is 17.5 Å². The molecule has 2 aromatic rings. The van der Waals surface area contributed by atoms with Gasteiger partial charge in [-0.05, 0) is 41.8 Å². The molecule has 0 atom stereocenters. The molecule has 0 aliphatic carbocycles. The average molecular weight is 503 g/mol. The molecular weight excluding hydrogens is 476 g/mol. The number of aliphatic imine (C=N–C) groups is 1. The van der Waals surface area contributed by atoms with Crippen LogP contribution in [0.3, 0.4) is 0 Å².